The molecule has 150 valence electrons. The first-order valence-electron chi connectivity index (χ1n) is 8.82. The minimum atomic E-state index is -4.10. The number of nitrogens with zero attached hydrogens (tertiary/aromatic N) is 2. The number of amides is 1. The summed E-state index contributed by atoms with van der Waals surface area (Å²) < 4.78 is 25.6. The highest BCUT2D eigenvalue weighted by Gasteiger charge is 2.47. The minimum absolute atomic E-state index is 0.0245. The fraction of sp³-hybridized carbons (Fsp3) is 0.389. The Balaban J connectivity index is 1.98. The van der Waals surface area contributed by atoms with Crippen LogP contribution in [0.15, 0.2) is 40.0 Å². The van der Waals surface area contributed by atoms with Crippen molar-refractivity contribution >= 4 is 43.3 Å². The number of halogens is 1. The van der Waals surface area contributed by atoms with Gasteiger partial charge in [-0.15, -0.1) is 0 Å². The van der Waals surface area contributed by atoms with Gasteiger partial charge < -0.3 is 5.32 Å². The average molecular weight is 469 g/mol. The number of nitrogens with one attached hydrogen (secondary N) is 1. The maximum Gasteiger partial charge on any atom is 0.257 e. The molecule has 28 heavy (non-hydrogen) atoms. The Hall–Kier alpha value is -2.04. The van der Waals surface area contributed by atoms with E-state index < -0.39 is 21.3 Å². The number of carbonyl (C=O) groups is 2. The Morgan fingerprint density at radius 2 is 1.79 bits per heavy atom. The van der Waals surface area contributed by atoms with Gasteiger partial charge in [0.15, 0.2) is 10.8 Å². The van der Waals surface area contributed by atoms with E-state index in [0.29, 0.717) is 18.4 Å². The van der Waals surface area contributed by atoms with Crippen molar-refractivity contribution in [2.75, 3.05) is 5.32 Å². The van der Waals surface area contributed by atoms with E-state index in [2.05, 4.69) is 26.3 Å². The van der Waals surface area contributed by atoms with Crippen LogP contribution in [0.2, 0.25) is 0 Å². The number of rotatable bonds is 5. The highest BCUT2D eigenvalue weighted by Crippen LogP contribution is 2.41. The third-order valence-corrected chi connectivity index (χ3v) is 6.64. The normalized spacial score (nSPS) is 16.5. The fourth-order valence-electron chi connectivity index (χ4n) is 3.68. The Kier molecular flexibility index (Phi) is 5.74. The third kappa shape index (κ3) is 3.89. The van der Waals surface area contributed by atoms with Gasteiger partial charge in [0, 0.05) is 17.1 Å². The Morgan fingerprint density at radius 1 is 1.18 bits per heavy atom. The van der Waals surface area contributed by atoms with Crippen molar-refractivity contribution in [1.82, 2.24) is 9.78 Å². The van der Waals surface area contributed by atoms with Crippen LogP contribution in [0.1, 0.15) is 42.5 Å². The second kappa shape index (κ2) is 7.76. The van der Waals surface area contributed by atoms with Crippen LogP contribution < -0.4 is 10.5 Å². The second-order valence-corrected chi connectivity index (χ2v) is 9.36. The van der Waals surface area contributed by atoms with E-state index in [-0.39, 0.29) is 16.5 Å². The largest absolute Gasteiger partial charge is 0.321 e. The quantitative estimate of drug-likeness (QED) is 0.515. The molecule has 1 heterocycles. The Morgan fingerprint density at radius 3 is 2.36 bits per heavy atom. The maximum atomic E-state index is 13.3. The number of ketones is 1. The Labute approximate surface area is 171 Å². The molecule has 2 aromatic rings. The summed E-state index contributed by atoms with van der Waals surface area (Å²) in [5.41, 5.74) is -0.834. The van der Waals surface area contributed by atoms with Crippen molar-refractivity contribution in [1.29, 1.82) is 0 Å². The number of nitrogens with two attached hydrogens (primary N) is 1. The van der Waals surface area contributed by atoms with Crippen LogP contribution in [0.25, 0.3) is 0 Å². The molecule has 10 heteroatoms. The van der Waals surface area contributed by atoms with Gasteiger partial charge in [0.1, 0.15) is 11.1 Å². The van der Waals surface area contributed by atoms with Gasteiger partial charge in [-0.25, -0.2) is 13.6 Å². The molecule has 3 N–H and O–H groups in total. The molecule has 1 aromatic heterocycles. The summed E-state index contributed by atoms with van der Waals surface area (Å²) in [5, 5.41) is 11.4. The predicted octanol–water partition coefficient (Wildman–Crippen LogP) is 2.60. The third-order valence-electron chi connectivity index (χ3n) is 5.08. The molecule has 1 saturated carbocycles. The summed E-state index contributed by atoms with van der Waals surface area (Å²) in [4.78, 5) is 26.6. The summed E-state index contributed by atoms with van der Waals surface area (Å²) in [6.07, 6.45) is 4.45. The SMILES string of the molecule is Cn1ncc(NC(=O)C2(C(=O)c3ccc(Br)cc3)CCCCC2)c1S(N)(=O)=O. The van der Waals surface area contributed by atoms with Gasteiger partial charge in [-0.05, 0) is 25.0 Å². The van der Waals surface area contributed by atoms with Gasteiger partial charge in [0.05, 0.1) is 6.20 Å². The zero-order valence-corrected chi connectivity index (χ0v) is 17.7. The molecule has 0 saturated heterocycles. The zero-order valence-electron chi connectivity index (χ0n) is 15.3. The molecule has 1 aromatic carbocycles. The average Bonchev–Trinajstić information content (AvgIpc) is 3.02. The van der Waals surface area contributed by atoms with Crippen molar-refractivity contribution in [3.63, 3.8) is 0 Å². The summed E-state index contributed by atoms with van der Waals surface area (Å²) in [7, 11) is -2.68. The lowest BCUT2D eigenvalue weighted by Crippen LogP contribution is -2.45. The summed E-state index contributed by atoms with van der Waals surface area (Å²) in [6.45, 7) is 0. The number of aryl methyl sites for hydroxylation is 1. The molecule has 1 aliphatic carbocycles. The van der Waals surface area contributed by atoms with Crippen molar-refractivity contribution in [2.45, 2.75) is 37.1 Å². The number of primary sulfonamides is 1. The number of carbonyl (C=O) groups excluding carboxylic acids is 2. The van der Waals surface area contributed by atoms with Crippen LogP contribution >= 0.6 is 15.9 Å². The molecule has 0 unspecified atom stereocenters. The molecule has 0 spiro atoms. The number of anilines is 1. The number of benzene rings is 1. The molecular weight excluding hydrogens is 448 g/mol. The monoisotopic (exact) mass is 468 g/mol. The van der Waals surface area contributed by atoms with Gasteiger partial charge in [-0.3, -0.25) is 14.3 Å². The van der Waals surface area contributed by atoms with E-state index in [1.807, 2.05) is 0 Å². The van der Waals surface area contributed by atoms with Crippen molar-refractivity contribution in [3.8, 4) is 0 Å². The lowest BCUT2D eigenvalue weighted by molar-refractivity contribution is -0.124. The van der Waals surface area contributed by atoms with Crippen LogP contribution in [0, 0.1) is 5.41 Å². The molecule has 1 aliphatic rings. The first kappa shape index (κ1) is 20.7. The summed E-state index contributed by atoms with van der Waals surface area (Å²) >= 11 is 3.34. The maximum absolute atomic E-state index is 13.3. The molecule has 3 rings (SSSR count). The number of hydrogen-bond donors (Lipinski definition) is 2. The highest BCUT2D eigenvalue weighted by molar-refractivity contribution is 9.10. The molecule has 0 aliphatic heterocycles. The van der Waals surface area contributed by atoms with Gasteiger partial charge in [0.25, 0.3) is 10.0 Å². The van der Waals surface area contributed by atoms with Crippen molar-refractivity contribution in [2.24, 2.45) is 17.6 Å². The van der Waals surface area contributed by atoms with E-state index in [1.54, 1.807) is 24.3 Å². The van der Waals surface area contributed by atoms with Gasteiger partial charge >= 0.3 is 0 Å². The second-order valence-electron chi connectivity index (χ2n) is 6.96. The molecule has 8 nitrogen and oxygen atoms in total. The molecule has 1 fully saturated rings. The molecule has 0 radical (unpaired) electrons. The number of sulfonamides is 1. The fourth-order valence-corrected chi connectivity index (χ4v) is 4.77. The first-order chi connectivity index (χ1) is 13.1. The van der Waals surface area contributed by atoms with E-state index in [1.165, 1.54) is 13.2 Å². The summed E-state index contributed by atoms with van der Waals surface area (Å²) in [6, 6.07) is 6.86. The number of aromatic nitrogens is 2. The smallest absolute Gasteiger partial charge is 0.257 e. The lowest BCUT2D eigenvalue weighted by atomic mass is 9.68. The number of Topliss-reactive ketones (excluding diaryl/α,β-unsaturated/α-hetero) is 1. The van der Waals surface area contributed by atoms with Gasteiger partial charge in [0.2, 0.25) is 5.91 Å². The van der Waals surface area contributed by atoms with Crippen molar-refractivity contribution in [3.05, 3.63) is 40.5 Å². The van der Waals surface area contributed by atoms with E-state index >= 15 is 0 Å². The van der Waals surface area contributed by atoms with Crippen LogP contribution in [0.4, 0.5) is 5.69 Å². The van der Waals surface area contributed by atoms with Crippen molar-refractivity contribution < 1.29 is 18.0 Å². The van der Waals surface area contributed by atoms with E-state index in [0.717, 1.165) is 28.4 Å². The molecule has 0 bridgehead atoms. The highest BCUT2D eigenvalue weighted by atomic mass is 79.9. The van der Waals surface area contributed by atoms with Gasteiger partial charge in [-0.2, -0.15) is 5.10 Å². The van der Waals surface area contributed by atoms with Crippen LogP contribution in [-0.4, -0.2) is 29.9 Å². The molecule has 0 atom stereocenters. The van der Waals surface area contributed by atoms with E-state index in [9.17, 15) is 18.0 Å². The van der Waals surface area contributed by atoms with Crippen LogP contribution in [0.5, 0.6) is 0 Å². The predicted molar refractivity (Wildman–Crippen MR) is 107 cm³/mol. The standard InChI is InChI=1S/C18H21BrN4O4S/c1-23-16(28(20,26)27)14(11-21-23)22-17(25)18(9-3-2-4-10-18)15(24)12-5-7-13(19)8-6-12/h5-8,11H,2-4,9-10H2,1H3,(H,22,25)(H2,20,26,27). The minimum Gasteiger partial charge on any atom is -0.321 e. The van der Waals surface area contributed by atoms with Crippen LogP contribution in [0.3, 0.4) is 0 Å². The topological polar surface area (TPSA) is 124 Å². The zero-order chi connectivity index (χ0) is 20.5. The van der Waals surface area contributed by atoms with E-state index in [4.69, 9.17) is 5.14 Å². The van der Waals surface area contributed by atoms with Crippen LogP contribution in [-0.2, 0) is 21.9 Å². The molecule has 1 amide bonds. The first-order valence-corrected chi connectivity index (χ1v) is 11.2. The number of hydrogen-bond acceptors (Lipinski definition) is 5. The molecular formula is C18H21BrN4O4S. The van der Waals surface area contributed by atoms with Gasteiger partial charge in [-0.1, -0.05) is 47.3 Å². The summed E-state index contributed by atoms with van der Waals surface area (Å²) in [5.74, 6) is -0.795. The lowest BCUT2D eigenvalue weighted by Gasteiger charge is -2.34. The Bertz CT molecular complexity index is 1010.